The van der Waals surface area contributed by atoms with Crippen LogP contribution in [0.5, 0.6) is 0 Å². The van der Waals surface area contributed by atoms with Gasteiger partial charge in [0.2, 0.25) is 0 Å². The first-order chi connectivity index (χ1) is 9.40. The van der Waals surface area contributed by atoms with Crippen molar-refractivity contribution in [3.63, 3.8) is 0 Å². The maximum absolute atomic E-state index is 12.2. The molecule has 1 amide bonds. The Hall–Kier alpha value is -2.83. The fourth-order valence-corrected chi connectivity index (χ4v) is 1.74. The first kappa shape index (κ1) is 13.6. The van der Waals surface area contributed by atoms with E-state index in [0.717, 1.165) is 0 Å². The summed E-state index contributed by atoms with van der Waals surface area (Å²) in [6.45, 7) is 1.68. The van der Waals surface area contributed by atoms with Gasteiger partial charge in [-0.1, -0.05) is 5.16 Å². The van der Waals surface area contributed by atoms with Gasteiger partial charge in [-0.3, -0.25) is 4.79 Å². The molecule has 0 aliphatic rings. The Bertz CT molecular complexity index is 678. The molecule has 2 rings (SSSR count). The number of nitrogens with zero attached hydrogens (tertiary/aromatic N) is 2. The molecule has 0 fully saturated rings. The zero-order chi connectivity index (χ0) is 14.9. The van der Waals surface area contributed by atoms with Crippen LogP contribution < -0.4 is 10.6 Å². The molecule has 0 atom stereocenters. The molecule has 1 aromatic heterocycles. The molecule has 7 heteroatoms. The molecule has 104 valence electrons. The van der Waals surface area contributed by atoms with Crippen molar-refractivity contribution < 1.29 is 19.2 Å². The van der Waals surface area contributed by atoms with Gasteiger partial charge in [0.05, 0.1) is 16.9 Å². The van der Waals surface area contributed by atoms with Crippen molar-refractivity contribution in [1.82, 2.24) is 5.16 Å². The number of amides is 1. The largest absolute Gasteiger partial charge is 0.478 e. The van der Waals surface area contributed by atoms with Crippen LogP contribution in [0.1, 0.15) is 26.6 Å². The highest BCUT2D eigenvalue weighted by Crippen LogP contribution is 2.24. The van der Waals surface area contributed by atoms with Crippen molar-refractivity contribution in [3.05, 3.63) is 41.3 Å². The first-order valence-corrected chi connectivity index (χ1v) is 5.74. The predicted molar refractivity (Wildman–Crippen MR) is 71.8 cm³/mol. The molecule has 0 unspecified atom stereocenters. The van der Waals surface area contributed by atoms with Gasteiger partial charge in [0, 0.05) is 13.1 Å². The Morgan fingerprint density at radius 1 is 1.35 bits per heavy atom. The SMILES string of the molecule is Cc1cc(C(=O)N(C)c2ccc(C(=O)O)cc2N)no1. The predicted octanol–water partition coefficient (Wildman–Crippen LogP) is 1.54. The number of carboxylic acid groups (broad SMARTS) is 1. The van der Waals surface area contributed by atoms with Crippen LogP contribution >= 0.6 is 0 Å². The standard InChI is InChI=1S/C13H13N3O4/c1-7-5-10(15-20-7)12(17)16(2)11-4-3-8(13(18)19)6-9(11)14/h3-6H,14H2,1-2H3,(H,18,19). The Kier molecular flexibility index (Phi) is 3.43. The summed E-state index contributed by atoms with van der Waals surface area (Å²) < 4.78 is 4.85. The second kappa shape index (κ2) is 5.04. The van der Waals surface area contributed by atoms with Crippen LogP contribution in [-0.4, -0.2) is 29.2 Å². The highest BCUT2D eigenvalue weighted by molar-refractivity contribution is 6.06. The number of nitrogen functional groups attached to an aromatic ring is 1. The van der Waals surface area contributed by atoms with Gasteiger partial charge in [-0.15, -0.1) is 0 Å². The van der Waals surface area contributed by atoms with Gasteiger partial charge in [0.15, 0.2) is 5.69 Å². The third-order valence-corrected chi connectivity index (χ3v) is 2.79. The summed E-state index contributed by atoms with van der Waals surface area (Å²) in [6.07, 6.45) is 0. The number of hydrogen-bond donors (Lipinski definition) is 2. The molecule has 0 saturated carbocycles. The summed E-state index contributed by atoms with van der Waals surface area (Å²) in [7, 11) is 1.53. The van der Waals surface area contributed by atoms with Gasteiger partial charge < -0.3 is 20.3 Å². The molecule has 7 nitrogen and oxygen atoms in total. The monoisotopic (exact) mass is 275 g/mol. The first-order valence-electron chi connectivity index (χ1n) is 5.74. The van der Waals surface area contributed by atoms with Crippen molar-refractivity contribution in [1.29, 1.82) is 0 Å². The minimum atomic E-state index is -1.08. The van der Waals surface area contributed by atoms with Gasteiger partial charge in [-0.05, 0) is 25.1 Å². The van der Waals surface area contributed by atoms with E-state index in [9.17, 15) is 9.59 Å². The van der Waals surface area contributed by atoms with Crippen molar-refractivity contribution in [2.24, 2.45) is 0 Å². The maximum atomic E-state index is 12.2. The van der Waals surface area contributed by atoms with Crippen LogP contribution in [0, 0.1) is 6.92 Å². The summed E-state index contributed by atoms with van der Waals surface area (Å²) >= 11 is 0. The molecule has 0 radical (unpaired) electrons. The van der Waals surface area contributed by atoms with Gasteiger partial charge >= 0.3 is 5.97 Å². The Morgan fingerprint density at radius 2 is 2.05 bits per heavy atom. The molecule has 1 heterocycles. The van der Waals surface area contributed by atoms with E-state index in [1.165, 1.54) is 36.2 Å². The van der Waals surface area contributed by atoms with E-state index in [-0.39, 0.29) is 16.9 Å². The topological polar surface area (TPSA) is 110 Å². The number of aromatic carboxylic acids is 1. The summed E-state index contributed by atoms with van der Waals surface area (Å²) in [5.41, 5.74) is 6.60. The van der Waals surface area contributed by atoms with E-state index in [4.69, 9.17) is 15.4 Å². The average Bonchev–Trinajstić information content (AvgIpc) is 2.83. The smallest absolute Gasteiger partial charge is 0.335 e. The quantitative estimate of drug-likeness (QED) is 0.822. The number of aryl methyl sites for hydroxylation is 1. The summed E-state index contributed by atoms with van der Waals surface area (Å²) in [5.74, 6) is -0.947. The number of carbonyl (C=O) groups is 2. The molecule has 20 heavy (non-hydrogen) atoms. The molecule has 0 saturated heterocycles. The van der Waals surface area contributed by atoms with E-state index >= 15 is 0 Å². The number of hydrogen-bond acceptors (Lipinski definition) is 5. The van der Waals surface area contributed by atoms with Crippen LogP contribution in [0.25, 0.3) is 0 Å². The lowest BCUT2D eigenvalue weighted by atomic mass is 10.1. The van der Waals surface area contributed by atoms with Crippen LogP contribution in [-0.2, 0) is 0 Å². The molecule has 0 spiro atoms. The number of carboxylic acids is 1. The maximum Gasteiger partial charge on any atom is 0.335 e. The van der Waals surface area contributed by atoms with Gasteiger partial charge in [0.1, 0.15) is 5.76 Å². The highest BCUT2D eigenvalue weighted by Gasteiger charge is 2.19. The van der Waals surface area contributed by atoms with Crippen LogP contribution in [0.4, 0.5) is 11.4 Å². The molecule has 1 aromatic carbocycles. The molecule has 0 bridgehead atoms. The normalized spacial score (nSPS) is 10.3. The van der Waals surface area contributed by atoms with E-state index in [0.29, 0.717) is 11.4 Å². The van der Waals surface area contributed by atoms with Crippen molar-refractivity contribution in [2.45, 2.75) is 6.92 Å². The fraction of sp³-hybridized carbons (Fsp3) is 0.154. The van der Waals surface area contributed by atoms with Crippen LogP contribution in [0.2, 0.25) is 0 Å². The second-order valence-corrected chi connectivity index (χ2v) is 4.27. The zero-order valence-corrected chi connectivity index (χ0v) is 11.0. The number of rotatable bonds is 3. The van der Waals surface area contributed by atoms with Crippen LogP contribution in [0.15, 0.2) is 28.8 Å². The van der Waals surface area contributed by atoms with Crippen molar-refractivity contribution in [2.75, 3.05) is 17.7 Å². The minimum absolute atomic E-state index is 0.0596. The van der Waals surface area contributed by atoms with E-state index in [2.05, 4.69) is 5.16 Å². The highest BCUT2D eigenvalue weighted by atomic mass is 16.5. The molecular formula is C13H13N3O4. The molecule has 0 aliphatic carbocycles. The van der Waals surface area contributed by atoms with Gasteiger partial charge in [0.25, 0.3) is 5.91 Å². The lowest BCUT2D eigenvalue weighted by Gasteiger charge is -2.18. The third kappa shape index (κ3) is 2.46. The number of anilines is 2. The Morgan fingerprint density at radius 3 is 2.55 bits per heavy atom. The Labute approximate surface area is 114 Å². The number of nitrogens with two attached hydrogens (primary N) is 1. The van der Waals surface area contributed by atoms with Gasteiger partial charge in [-0.2, -0.15) is 0 Å². The van der Waals surface area contributed by atoms with Crippen molar-refractivity contribution >= 4 is 23.3 Å². The molecule has 3 N–H and O–H groups in total. The minimum Gasteiger partial charge on any atom is -0.478 e. The summed E-state index contributed by atoms with van der Waals surface area (Å²) in [4.78, 5) is 24.3. The van der Waals surface area contributed by atoms with Crippen LogP contribution in [0.3, 0.4) is 0 Å². The molecular weight excluding hydrogens is 262 g/mol. The Balaban J connectivity index is 2.31. The molecule has 2 aromatic rings. The fourth-order valence-electron chi connectivity index (χ4n) is 1.74. The van der Waals surface area contributed by atoms with Gasteiger partial charge in [-0.25, -0.2) is 4.79 Å². The van der Waals surface area contributed by atoms with E-state index in [1.807, 2.05) is 0 Å². The third-order valence-electron chi connectivity index (χ3n) is 2.79. The molecule has 0 aliphatic heterocycles. The van der Waals surface area contributed by atoms with E-state index in [1.54, 1.807) is 6.92 Å². The number of benzene rings is 1. The van der Waals surface area contributed by atoms with E-state index < -0.39 is 11.9 Å². The lowest BCUT2D eigenvalue weighted by Crippen LogP contribution is -2.27. The second-order valence-electron chi connectivity index (χ2n) is 4.27. The summed E-state index contributed by atoms with van der Waals surface area (Å²) in [5, 5.41) is 12.5. The average molecular weight is 275 g/mol. The van der Waals surface area contributed by atoms with Crippen molar-refractivity contribution in [3.8, 4) is 0 Å². The number of carbonyl (C=O) groups excluding carboxylic acids is 1. The lowest BCUT2D eigenvalue weighted by molar-refractivity contribution is 0.0697. The number of aromatic nitrogens is 1. The zero-order valence-electron chi connectivity index (χ0n) is 11.0. The summed E-state index contributed by atoms with van der Waals surface area (Å²) in [6, 6.07) is 5.67.